The van der Waals surface area contributed by atoms with Crippen molar-refractivity contribution in [3.63, 3.8) is 0 Å². The zero-order valence-corrected chi connectivity index (χ0v) is 10.6. The summed E-state index contributed by atoms with van der Waals surface area (Å²) < 4.78 is 10.0. The summed E-state index contributed by atoms with van der Waals surface area (Å²) in [6.07, 6.45) is 0. The molecule has 6 heteroatoms. The van der Waals surface area contributed by atoms with Crippen molar-refractivity contribution in [1.29, 1.82) is 0 Å². The Morgan fingerprint density at radius 1 is 1.11 bits per heavy atom. The van der Waals surface area contributed by atoms with Gasteiger partial charge in [-0.1, -0.05) is 0 Å². The summed E-state index contributed by atoms with van der Waals surface area (Å²) in [5.74, 6) is 0.418. The third-order valence-corrected chi connectivity index (χ3v) is 2.40. The number of ether oxygens (including phenoxy) is 2. The smallest absolute Gasteiger partial charge is 0.358 e. The molecule has 0 unspecified atom stereocenters. The van der Waals surface area contributed by atoms with Gasteiger partial charge in [-0.15, -0.1) is 10.2 Å². The molecule has 0 radical (unpaired) electrons. The Morgan fingerprint density at radius 3 is 2.37 bits per heavy atom. The van der Waals surface area contributed by atoms with Gasteiger partial charge in [-0.25, -0.2) is 4.79 Å². The molecular formula is C13H13N3O3. The number of aromatic nitrogens is 2. The molecule has 1 aromatic carbocycles. The highest BCUT2D eigenvalue weighted by atomic mass is 16.5. The minimum absolute atomic E-state index is 0.139. The van der Waals surface area contributed by atoms with E-state index < -0.39 is 5.97 Å². The summed E-state index contributed by atoms with van der Waals surface area (Å²) in [5, 5.41) is 10.5. The van der Waals surface area contributed by atoms with Crippen molar-refractivity contribution < 1.29 is 14.3 Å². The number of carbonyl (C=O) groups is 1. The predicted molar refractivity (Wildman–Crippen MR) is 69.4 cm³/mol. The van der Waals surface area contributed by atoms with Gasteiger partial charge in [0.15, 0.2) is 5.69 Å². The molecule has 6 nitrogen and oxygen atoms in total. The number of esters is 1. The SMILES string of the molecule is CNc1ccc(Oc2ccc(C(=O)OC)nn2)cc1. The maximum Gasteiger partial charge on any atom is 0.358 e. The fourth-order valence-corrected chi connectivity index (χ4v) is 1.40. The first kappa shape index (κ1) is 12.8. The first-order valence-corrected chi connectivity index (χ1v) is 5.60. The van der Waals surface area contributed by atoms with Crippen LogP contribution in [0.15, 0.2) is 36.4 Å². The number of rotatable bonds is 4. The van der Waals surface area contributed by atoms with Crippen LogP contribution in [0.4, 0.5) is 5.69 Å². The van der Waals surface area contributed by atoms with E-state index in [0.717, 1.165) is 5.69 Å². The van der Waals surface area contributed by atoms with Gasteiger partial charge in [0, 0.05) is 18.8 Å². The lowest BCUT2D eigenvalue weighted by atomic mass is 10.3. The third-order valence-electron chi connectivity index (χ3n) is 2.40. The Bertz CT molecular complexity index is 552. The van der Waals surface area contributed by atoms with Gasteiger partial charge in [0.25, 0.3) is 0 Å². The minimum Gasteiger partial charge on any atom is -0.464 e. The van der Waals surface area contributed by atoms with E-state index in [2.05, 4.69) is 20.3 Å². The molecule has 2 aromatic rings. The molecule has 0 saturated heterocycles. The van der Waals surface area contributed by atoms with Crippen LogP contribution in [0.5, 0.6) is 11.6 Å². The maximum absolute atomic E-state index is 11.2. The van der Waals surface area contributed by atoms with E-state index in [-0.39, 0.29) is 5.69 Å². The molecule has 0 spiro atoms. The largest absolute Gasteiger partial charge is 0.464 e. The summed E-state index contributed by atoms with van der Waals surface area (Å²) in [6, 6.07) is 10.4. The van der Waals surface area contributed by atoms with Crippen LogP contribution >= 0.6 is 0 Å². The molecule has 0 saturated carbocycles. The number of nitrogens with one attached hydrogen (secondary N) is 1. The molecule has 1 heterocycles. The molecule has 0 fully saturated rings. The highest BCUT2D eigenvalue weighted by Crippen LogP contribution is 2.20. The Kier molecular flexibility index (Phi) is 3.92. The fraction of sp³-hybridized carbons (Fsp3) is 0.154. The number of hydrogen-bond acceptors (Lipinski definition) is 6. The average molecular weight is 259 g/mol. The van der Waals surface area contributed by atoms with Crippen molar-refractivity contribution in [2.24, 2.45) is 0 Å². The molecule has 0 atom stereocenters. The van der Waals surface area contributed by atoms with E-state index in [1.165, 1.54) is 13.2 Å². The van der Waals surface area contributed by atoms with Crippen molar-refractivity contribution in [1.82, 2.24) is 10.2 Å². The van der Waals surface area contributed by atoms with E-state index in [4.69, 9.17) is 4.74 Å². The second-order valence-electron chi connectivity index (χ2n) is 3.62. The van der Waals surface area contributed by atoms with Crippen molar-refractivity contribution in [2.75, 3.05) is 19.5 Å². The van der Waals surface area contributed by atoms with Gasteiger partial charge < -0.3 is 14.8 Å². The Balaban J connectivity index is 2.08. The second-order valence-corrected chi connectivity index (χ2v) is 3.62. The van der Waals surface area contributed by atoms with Crippen LogP contribution in [0.25, 0.3) is 0 Å². The Labute approximate surface area is 110 Å². The lowest BCUT2D eigenvalue weighted by molar-refractivity contribution is 0.0592. The lowest BCUT2D eigenvalue weighted by Gasteiger charge is -2.05. The quantitative estimate of drug-likeness (QED) is 0.847. The zero-order valence-electron chi connectivity index (χ0n) is 10.6. The van der Waals surface area contributed by atoms with Crippen molar-refractivity contribution >= 4 is 11.7 Å². The van der Waals surface area contributed by atoms with Gasteiger partial charge in [-0.3, -0.25) is 0 Å². The van der Waals surface area contributed by atoms with E-state index in [9.17, 15) is 4.79 Å². The minimum atomic E-state index is -0.530. The standard InChI is InChI=1S/C13H13N3O3/c1-14-9-3-5-10(6-4-9)19-12-8-7-11(15-16-12)13(17)18-2/h3-8,14H,1-2H3. The van der Waals surface area contributed by atoms with Crippen LogP contribution in [-0.2, 0) is 4.74 Å². The molecule has 1 N–H and O–H groups in total. The zero-order chi connectivity index (χ0) is 13.7. The molecule has 0 aliphatic carbocycles. The predicted octanol–water partition coefficient (Wildman–Crippen LogP) is 2.10. The van der Waals surface area contributed by atoms with Crippen LogP contribution in [0.2, 0.25) is 0 Å². The lowest BCUT2D eigenvalue weighted by Crippen LogP contribution is -2.05. The summed E-state index contributed by atoms with van der Waals surface area (Å²) in [5.41, 5.74) is 1.12. The second kappa shape index (κ2) is 5.81. The highest BCUT2D eigenvalue weighted by Gasteiger charge is 2.08. The van der Waals surface area contributed by atoms with Crippen molar-refractivity contribution in [3.8, 4) is 11.6 Å². The number of benzene rings is 1. The number of nitrogens with zero attached hydrogens (tertiary/aromatic N) is 2. The van der Waals surface area contributed by atoms with Crippen LogP contribution in [0.3, 0.4) is 0 Å². The summed E-state index contributed by atoms with van der Waals surface area (Å²) in [6.45, 7) is 0. The van der Waals surface area contributed by atoms with Crippen LogP contribution in [0, 0.1) is 0 Å². The summed E-state index contributed by atoms with van der Waals surface area (Å²) in [7, 11) is 3.13. The number of methoxy groups -OCH3 is 1. The molecule has 0 amide bonds. The molecule has 0 aliphatic heterocycles. The first-order chi connectivity index (χ1) is 9.22. The molecule has 0 bridgehead atoms. The molecular weight excluding hydrogens is 246 g/mol. The third kappa shape index (κ3) is 3.19. The number of carbonyl (C=O) groups excluding carboxylic acids is 1. The van der Waals surface area contributed by atoms with Gasteiger partial charge in [-0.05, 0) is 30.3 Å². The van der Waals surface area contributed by atoms with Crippen LogP contribution in [-0.4, -0.2) is 30.3 Å². The molecule has 98 valence electrons. The Hall–Kier alpha value is -2.63. The number of hydrogen-bond donors (Lipinski definition) is 1. The van der Waals surface area contributed by atoms with Crippen molar-refractivity contribution in [2.45, 2.75) is 0 Å². The van der Waals surface area contributed by atoms with Gasteiger partial charge >= 0.3 is 5.97 Å². The van der Waals surface area contributed by atoms with E-state index in [0.29, 0.717) is 11.6 Å². The average Bonchev–Trinajstić information content (AvgIpc) is 2.48. The van der Waals surface area contributed by atoms with Gasteiger partial charge in [0.1, 0.15) is 5.75 Å². The summed E-state index contributed by atoms with van der Waals surface area (Å²) >= 11 is 0. The summed E-state index contributed by atoms with van der Waals surface area (Å²) in [4.78, 5) is 11.2. The van der Waals surface area contributed by atoms with E-state index in [1.807, 2.05) is 31.3 Å². The maximum atomic E-state index is 11.2. The highest BCUT2D eigenvalue weighted by molar-refractivity contribution is 5.86. The van der Waals surface area contributed by atoms with E-state index in [1.54, 1.807) is 6.07 Å². The normalized spacial score (nSPS) is 9.79. The first-order valence-electron chi connectivity index (χ1n) is 5.60. The Morgan fingerprint density at radius 2 is 1.84 bits per heavy atom. The van der Waals surface area contributed by atoms with E-state index >= 15 is 0 Å². The monoisotopic (exact) mass is 259 g/mol. The van der Waals surface area contributed by atoms with Crippen LogP contribution < -0.4 is 10.1 Å². The molecule has 1 aromatic heterocycles. The van der Waals surface area contributed by atoms with Gasteiger partial charge in [0.2, 0.25) is 5.88 Å². The van der Waals surface area contributed by atoms with Gasteiger partial charge in [0.05, 0.1) is 7.11 Å². The molecule has 0 aliphatic rings. The van der Waals surface area contributed by atoms with Gasteiger partial charge in [-0.2, -0.15) is 0 Å². The number of anilines is 1. The topological polar surface area (TPSA) is 73.3 Å². The fourth-order valence-electron chi connectivity index (χ4n) is 1.40. The molecule has 2 rings (SSSR count). The van der Waals surface area contributed by atoms with Crippen molar-refractivity contribution in [3.05, 3.63) is 42.1 Å². The molecule has 19 heavy (non-hydrogen) atoms. The van der Waals surface area contributed by atoms with Crippen LogP contribution in [0.1, 0.15) is 10.5 Å².